The van der Waals surface area contributed by atoms with Gasteiger partial charge in [-0.25, -0.2) is 4.98 Å². The minimum absolute atomic E-state index is 0.452. The molecule has 1 unspecified atom stereocenters. The third-order valence-electron chi connectivity index (χ3n) is 3.27. The van der Waals surface area contributed by atoms with Crippen LogP contribution in [0, 0.1) is 6.92 Å². The van der Waals surface area contributed by atoms with Gasteiger partial charge in [-0.05, 0) is 37.6 Å². The van der Waals surface area contributed by atoms with Gasteiger partial charge in [0.2, 0.25) is 5.95 Å². The van der Waals surface area contributed by atoms with Gasteiger partial charge in [-0.3, -0.25) is 0 Å². The van der Waals surface area contributed by atoms with Crippen molar-refractivity contribution in [2.75, 3.05) is 18.8 Å². The number of imidazole rings is 1. The Bertz CT molecular complexity index is 523. The molecule has 1 aromatic heterocycles. The molecule has 0 saturated carbocycles. The van der Waals surface area contributed by atoms with E-state index in [1.54, 1.807) is 0 Å². The molecule has 1 aromatic carbocycles. The summed E-state index contributed by atoms with van der Waals surface area (Å²) in [4.78, 5) is 4.43. The largest absolute Gasteiger partial charge is 0.369 e. The van der Waals surface area contributed by atoms with E-state index in [1.165, 1.54) is 5.56 Å². The summed E-state index contributed by atoms with van der Waals surface area (Å²) in [6.07, 6.45) is 1.13. The van der Waals surface area contributed by atoms with Crippen LogP contribution in [0.5, 0.6) is 0 Å². The fraction of sp³-hybridized carbons (Fsp3) is 0.417. The molecule has 1 aliphatic rings. The zero-order valence-electron chi connectivity index (χ0n) is 9.40. The van der Waals surface area contributed by atoms with E-state index < -0.39 is 0 Å². The number of aryl methyl sites for hydroxylation is 1. The van der Waals surface area contributed by atoms with Gasteiger partial charge in [0.1, 0.15) is 0 Å². The highest BCUT2D eigenvalue weighted by atomic mass is 15.2. The normalized spacial score (nSPS) is 20.7. The van der Waals surface area contributed by atoms with Gasteiger partial charge in [-0.1, -0.05) is 6.07 Å². The zero-order valence-corrected chi connectivity index (χ0v) is 9.40. The van der Waals surface area contributed by atoms with E-state index in [0.29, 0.717) is 12.0 Å². The molecule has 0 radical (unpaired) electrons. The van der Waals surface area contributed by atoms with Gasteiger partial charge in [-0.2, -0.15) is 0 Å². The molecular formula is C12H16N4. The minimum Gasteiger partial charge on any atom is -0.369 e. The Morgan fingerprint density at radius 2 is 2.38 bits per heavy atom. The summed E-state index contributed by atoms with van der Waals surface area (Å²) in [5.74, 6) is 0.634. The summed E-state index contributed by atoms with van der Waals surface area (Å²) in [5, 5.41) is 3.36. The molecule has 2 aromatic rings. The highest BCUT2D eigenvalue weighted by Gasteiger charge is 2.20. The molecule has 3 rings (SSSR count). The molecule has 0 bridgehead atoms. The lowest BCUT2D eigenvalue weighted by Crippen LogP contribution is -2.15. The van der Waals surface area contributed by atoms with Crippen LogP contribution in [0.4, 0.5) is 5.95 Å². The highest BCUT2D eigenvalue weighted by Crippen LogP contribution is 2.26. The van der Waals surface area contributed by atoms with Gasteiger partial charge >= 0.3 is 0 Å². The Hall–Kier alpha value is -1.55. The second kappa shape index (κ2) is 3.49. The van der Waals surface area contributed by atoms with Crippen molar-refractivity contribution in [1.82, 2.24) is 14.9 Å². The van der Waals surface area contributed by atoms with Crippen molar-refractivity contribution in [2.24, 2.45) is 0 Å². The smallest absolute Gasteiger partial charge is 0.201 e. The summed E-state index contributed by atoms with van der Waals surface area (Å²) in [5.41, 5.74) is 9.38. The number of nitrogens with zero attached hydrogens (tertiary/aromatic N) is 2. The molecule has 0 spiro atoms. The Kier molecular flexibility index (Phi) is 2.11. The SMILES string of the molecule is Cc1ccc2c(c1)nc(N)n2C1CCNC1. The Labute approximate surface area is 94.5 Å². The number of nitrogens with two attached hydrogens (primary N) is 1. The number of hydrogen-bond acceptors (Lipinski definition) is 3. The molecule has 1 saturated heterocycles. The van der Waals surface area contributed by atoms with Crippen LogP contribution in [-0.4, -0.2) is 22.6 Å². The first kappa shape index (κ1) is 9.66. The number of rotatable bonds is 1. The van der Waals surface area contributed by atoms with Gasteiger partial charge < -0.3 is 15.6 Å². The van der Waals surface area contributed by atoms with Gasteiger partial charge in [0.15, 0.2) is 0 Å². The van der Waals surface area contributed by atoms with Crippen LogP contribution in [0.3, 0.4) is 0 Å². The topological polar surface area (TPSA) is 55.9 Å². The summed E-state index contributed by atoms with van der Waals surface area (Å²) in [7, 11) is 0. The van der Waals surface area contributed by atoms with E-state index in [0.717, 1.165) is 30.5 Å². The maximum absolute atomic E-state index is 6.01. The molecule has 84 valence electrons. The molecule has 3 N–H and O–H groups in total. The first-order valence-corrected chi connectivity index (χ1v) is 5.70. The maximum Gasteiger partial charge on any atom is 0.201 e. The van der Waals surface area contributed by atoms with E-state index >= 15 is 0 Å². The summed E-state index contributed by atoms with van der Waals surface area (Å²) in [6.45, 7) is 4.13. The summed E-state index contributed by atoms with van der Waals surface area (Å²) in [6, 6.07) is 6.77. The predicted molar refractivity (Wildman–Crippen MR) is 65.4 cm³/mol. The third kappa shape index (κ3) is 1.38. The number of benzene rings is 1. The summed E-state index contributed by atoms with van der Waals surface area (Å²) >= 11 is 0. The minimum atomic E-state index is 0.452. The van der Waals surface area contributed by atoms with Gasteiger partial charge in [-0.15, -0.1) is 0 Å². The van der Waals surface area contributed by atoms with Crippen molar-refractivity contribution >= 4 is 17.0 Å². The van der Waals surface area contributed by atoms with Gasteiger partial charge in [0.05, 0.1) is 17.1 Å². The van der Waals surface area contributed by atoms with Crippen molar-refractivity contribution in [1.29, 1.82) is 0 Å². The van der Waals surface area contributed by atoms with Crippen LogP contribution in [0.2, 0.25) is 0 Å². The molecular weight excluding hydrogens is 200 g/mol. The van der Waals surface area contributed by atoms with Crippen molar-refractivity contribution < 1.29 is 0 Å². The lowest BCUT2D eigenvalue weighted by molar-refractivity contribution is 0.569. The lowest BCUT2D eigenvalue weighted by atomic mass is 10.2. The van der Waals surface area contributed by atoms with Crippen LogP contribution < -0.4 is 11.1 Å². The molecule has 1 atom stereocenters. The summed E-state index contributed by atoms with van der Waals surface area (Å²) < 4.78 is 2.16. The number of hydrogen-bond donors (Lipinski definition) is 2. The van der Waals surface area contributed by atoms with E-state index in [-0.39, 0.29) is 0 Å². The van der Waals surface area contributed by atoms with E-state index in [4.69, 9.17) is 5.73 Å². The second-order valence-electron chi connectivity index (χ2n) is 4.48. The van der Waals surface area contributed by atoms with Crippen molar-refractivity contribution in [3.63, 3.8) is 0 Å². The van der Waals surface area contributed by atoms with Crippen LogP contribution in [-0.2, 0) is 0 Å². The predicted octanol–water partition coefficient (Wildman–Crippen LogP) is 1.46. The molecule has 16 heavy (non-hydrogen) atoms. The van der Waals surface area contributed by atoms with E-state index in [2.05, 4.69) is 40.0 Å². The molecule has 0 amide bonds. The van der Waals surface area contributed by atoms with Crippen LogP contribution in [0.25, 0.3) is 11.0 Å². The quantitative estimate of drug-likeness (QED) is 0.758. The second-order valence-corrected chi connectivity index (χ2v) is 4.48. The van der Waals surface area contributed by atoms with Crippen molar-refractivity contribution in [2.45, 2.75) is 19.4 Å². The first-order valence-electron chi connectivity index (χ1n) is 5.70. The zero-order chi connectivity index (χ0) is 11.1. The van der Waals surface area contributed by atoms with Crippen LogP contribution in [0.1, 0.15) is 18.0 Å². The molecule has 4 nitrogen and oxygen atoms in total. The first-order chi connectivity index (χ1) is 7.75. The number of aromatic nitrogens is 2. The number of nitrogens with one attached hydrogen (secondary N) is 1. The van der Waals surface area contributed by atoms with Gasteiger partial charge in [0, 0.05) is 6.54 Å². The van der Waals surface area contributed by atoms with E-state index in [9.17, 15) is 0 Å². The Morgan fingerprint density at radius 1 is 1.50 bits per heavy atom. The van der Waals surface area contributed by atoms with Crippen molar-refractivity contribution in [3.05, 3.63) is 23.8 Å². The molecule has 1 aliphatic heterocycles. The Morgan fingerprint density at radius 3 is 3.12 bits per heavy atom. The number of fused-ring (bicyclic) bond motifs is 1. The van der Waals surface area contributed by atoms with Crippen molar-refractivity contribution in [3.8, 4) is 0 Å². The van der Waals surface area contributed by atoms with E-state index in [1.807, 2.05) is 0 Å². The fourth-order valence-electron chi connectivity index (χ4n) is 2.47. The highest BCUT2D eigenvalue weighted by molar-refractivity contribution is 5.79. The molecule has 0 aliphatic carbocycles. The maximum atomic E-state index is 6.01. The third-order valence-corrected chi connectivity index (χ3v) is 3.27. The number of anilines is 1. The average molecular weight is 216 g/mol. The number of nitrogen functional groups attached to an aromatic ring is 1. The average Bonchev–Trinajstić information content (AvgIpc) is 2.83. The lowest BCUT2D eigenvalue weighted by Gasteiger charge is -2.13. The monoisotopic (exact) mass is 216 g/mol. The molecule has 4 heteroatoms. The molecule has 2 heterocycles. The molecule has 1 fully saturated rings. The van der Waals surface area contributed by atoms with Crippen LogP contribution in [0.15, 0.2) is 18.2 Å². The van der Waals surface area contributed by atoms with Crippen LogP contribution >= 0.6 is 0 Å². The van der Waals surface area contributed by atoms with Gasteiger partial charge in [0.25, 0.3) is 0 Å². The Balaban J connectivity index is 2.18. The standard InChI is InChI=1S/C12H16N4/c1-8-2-3-11-10(6-8)15-12(13)16(11)9-4-5-14-7-9/h2-3,6,9,14H,4-5,7H2,1H3,(H2,13,15). The fourth-order valence-corrected chi connectivity index (χ4v) is 2.47.